The predicted octanol–water partition coefficient (Wildman–Crippen LogP) is 3.19. The average Bonchev–Trinajstić information content (AvgIpc) is 2.83. The third-order valence-electron chi connectivity index (χ3n) is 5.86. The van der Waals surface area contributed by atoms with Gasteiger partial charge < -0.3 is 15.2 Å². The van der Waals surface area contributed by atoms with Crippen LogP contribution in [0.2, 0.25) is 5.02 Å². The normalized spacial score (nSPS) is 15.3. The summed E-state index contributed by atoms with van der Waals surface area (Å²) in [6.07, 6.45) is 5.84. The molecule has 1 saturated heterocycles. The molecular formula is C25H27ClN4O2. The first kappa shape index (κ1) is 22.2. The van der Waals surface area contributed by atoms with Crippen molar-refractivity contribution in [2.75, 3.05) is 19.6 Å². The first-order valence-electron chi connectivity index (χ1n) is 11.0. The molecule has 1 aliphatic heterocycles. The van der Waals surface area contributed by atoms with Crippen LogP contribution in [0.25, 0.3) is 0 Å². The van der Waals surface area contributed by atoms with Crippen LogP contribution in [-0.4, -0.2) is 35.1 Å². The fourth-order valence-corrected chi connectivity index (χ4v) is 4.31. The molecular weight excluding hydrogens is 424 g/mol. The second-order valence-corrected chi connectivity index (χ2v) is 8.47. The lowest BCUT2D eigenvalue weighted by molar-refractivity contribution is -0.125. The van der Waals surface area contributed by atoms with Crippen LogP contribution in [0.1, 0.15) is 35.8 Å². The molecule has 3 aromatic rings. The maximum Gasteiger partial charge on any atom is 0.223 e. The van der Waals surface area contributed by atoms with Crippen molar-refractivity contribution < 1.29 is 4.79 Å². The van der Waals surface area contributed by atoms with Crippen molar-refractivity contribution in [2.45, 2.75) is 25.3 Å². The zero-order chi connectivity index (χ0) is 22.3. The molecule has 0 unspecified atom stereocenters. The van der Waals surface area contributed by atoms with Gasteiger partial charge in [-0.05, 0) is 55.8 Å². The molecule has 1 atom stereocenters. The third kappa shape index (κ3) is 5.44. The van der Waals surface area contributed by atoms with E-state index in [-0.39, 0.29) is 23.3 Å². The van der Waals surface area contributed by atoms with Crippen LogP contribution >= 0.6 is 11.6 Å². The topological polar surface area (TPSA) is 76.0 Å². The lowest BCUT2D eigenvalue weighted by Gasteiger charge is -2.25. The molecule has 0 bridgehead atoms. The number of nitrogens with one attached hydrogen (secondary N) is 2. The van der Waals surface area contributed by atoms with Crippen LogP contribution in [0, 0.1) is 5.92 Å². The summed E-state index contributed by atoms with van der Waals surface area (Å²) in [7, 11) is 0. The summed E-state index contributed by atoms with van der Waals surface area (Å²) >= 11 is 6.11. The molecule has 32 heavy (non-hydrogen) atoms. The predicted molar refractivity (Wildman–Crippen MR) is 126 cm³/mol. The number of hydrogen-bond acceptors (Lipinski definition) is 4. The Balaban J connectivity index is 1.60. The maximum absolute atomic E-state index is 12.5. The molecule has 6 nitrogen and oxygen atoms in total. The number of pyridine rings is 2. The van der Waals surface area contributed by atoms with E-state index in [1.54, 1.807) is 24.5 Å². The summed E-state index contributed by atoms with van der Waals surface area (Å²) in [4.78, 5) is 29.3. The highest BCUT2D eigenvalue weighted by molar-refractivity contribution is 6.30. The van der Waals surface area contributed by atoms with Gasteiger partial charge in [0.25, 0.3) is 0 Å². The Morgan fingerprint density at radius 2 is 1.94 bits per heavy atom. The van der Waals surface area contributed by atoms with E-state index in [4.69, 9.17) is 11.6 Å². The molecule has 4 rings (SSSR count). The van der Waals surface area contributed by atoms with E-state index in [0.717, 1.165) is 42.9 Å². The summed E-state index contributed by atoms with van der Waals surface area (Å²) in [5.41, 5.74) is 2.65. The van der Waals surface area contributed by atoms with E-state index in [0.29, 0.717) is 18.0 Å². The van der Waals surface area contributed by atoms with Gasteiger partial charge in [0.2, 0.25) is 5.91 Å². The van der Waals surface area contributed by atoms with Gasteiger partial charge in [-0.1, -0.05) is 29.8 Å². The number of halogens is 1. The summed E-state index contributed by atoms with van der Waals surface area (Å²) < 4.78 is 2.06. The van der Waals surface area contributed by atoms with E-state index in [2.05, 4.69) is 20.2 Å². The largest absolute Gasteiger partial charge is 0.355 e. The second kappa shape index (κ2) is 10.6. The Kier molecular flexibility index (Phi) is 7.35. The quantitative estimate of drug-likeness (QED) is 0.579. The number of carbonyl (C=O) groups is 1. The van der Waals surface area contributed by atoms with Gasteiger partial charge in [-0.25, -0.2) is 0 Å². The van der Waals surface area contributed by atoms with E-state index in [1.807, 2.05) is 42.5 Å². The summed E-state index contributed by atoms with van der Waals surface area (Å²) in [5.74, 6) is 0.153. The van der Waals surface area contributed by atoms with E-state index >= 15 is 0 Å². The Bertz CT molecular complexity index is 1090. The summed E-state index contributed by atoms with van der Waals surface area (Å²) in [6, 6.07) is 16.4. The highest BCUT2D eigenvalue weighted by atomic mass is 35.5. The molecule has 1 fully saturated rings. The van der Waals surface area contributed by atoms with Gasteiger partial charge in [0.15, 0.2) is 5.43 Å². The Morgan fingerprint density at radius 3 is 2.66 bits per heavy atom. The highest BCUT2D eigenvalue weighted by Gasteiger charge is 2.22. The van der Waals surface area contributed by atoms with Gasteiger partial charge in [-0.3, -0.25) is 14.6 Å². The Morgan fingerprint density at radius 1 is 1.16 bits per heavy atom. The van der Waals surface area contributed by atoms with Gasteiger partial charge >= 0.3 is 0 Å². The number of aromatic nitrogens is 2. The molecule has 0 radical (unpaired) electrons. The lowest BCUT2D eigenvalue weighted by Crippen LogP contribution is -2.39. The van der Waals surface area contributed by atoms with E-state index in [1.165, 1.54) is 0 Å². The van der Waals surface area contributed by atoms with Gasteiger partial charge in [0, 0.05) is 54.1 Å². The number of amides is 1. The molecule has 1 amide bonds. The zero-order valence-electron chi connectivity index (χ0n) is 17.8. The summed E-state index contributed by atoms with van der Waals surface area (Å²) in [6.45, 7) is 2.23. The van der Waals surface area contributed by atoms with Crippen molar-refractivity contribution in [3.8, 4) is 0 Å². The SMILES string of the molecule is O=C(NCCc1cc(=O)ccn1[C@H](c1ccc(Cl)cc1)c1ccccn1)C1CCNCC1. The van der Waals surface area contributed by atoms with Crippen molar-refractivity contribution in [2.24, 2.45) is 5.92 Å². The van der Waals surface area contributed by atoms with Gasteiger partial charge in [-0.15, -0.1) is 0 Å². The van der Waals surface area contributed by atoms with Crippen LogP contribution in [0.4, 0.5) is 0 Å². The van der Waals surface area contributed by atoms with Gasteiger partial charge in [0.05, 0.1) is 5.69 Å². The van der Waals surface area contributed by atoms with Crippen LogP contribution in [0.5, 0.6) is 0 Å². The van der Waals surface area contributed by atoms with Crippen LogP contribution in [0.3, 0.4) is 0 Å². The number of hydrogen-bond donors (Lipinski definition) is 2. The van der Waals surface area contributed by atoms with Gasteiger partial charge in [-0.2, -0.15) is 0 Å². The minimum absolute atomic E-state index is 0.0585. The molecule has 2 N–H and O–H groups in total. The maximum atomic E-state index is 12.5. The highest BCUT2D eigenvalue weighted by Crippen LogP contribution is 2.27. The second-order valence-electron chi connectivity index (χ2n) is 8.04. The summed E-state index contributed by atoms with van der Waals surface area (Å²) in [5, 5.41) is 7.00. The molecule has 0 saturated carbocycles. The zero-order valence-corrected chi connectivity index (χ0v) is 18.6. The molecule has 7 heteroatoms. The van der Waals surface area contributed by atoms with Gasteiger partial charge in [0.1, 0.15) is 6.04 Å². The Hall–Kier alpha value is -2.96. The number of carbonyl (C=O) groups excluding carboxylic acids is 1. The molecule has 1 aromatic carbocycles. The Labute approximate surface area is 192 Å². The molecule has 1 aliphatic rings. The average molecular weight is 451 g/mol. The van der Waals surface area contributed by atoms with Crippen molar-refractivity contribution in [1.29, 1.82) is 0 Å². The monoisotopic (exact) mass is 450 g/mol. The van der Waals surface area contributed by atoms with E-state index < -0.39 is 0 Å². The molecule has 0 aliphatic carbocycles. The third-order valence-corrected chi connectivity index (χ3v) is 6.11. The van der Waals surface area contributed by atoms with Crippen molar-refractivity contribution in [3.05, 3.63) is 99.2 Å². The van der Waals surface area contributed by atoms with E-state index in [9.17, 15) is 9.59 Å². The minimum Gasteiger partial charge on any atom is -0.355 e. The fourth-order valence-electron chi connectivity index (χ4n) is 4.19. The fraction of sp³-hybridized carbons (Fsp3) is 0.320. The molecule has 166 valence electrons. The smallest absolute Gasteiger partial charge is 0.223 e. The standard InChI is InChI=1S/C25H27ClN4O2/c26-20-6-4-18(5-7-20)24(23-3-1-2-12-28-23)30-16-11-22(31)17-21(30)10-15-29-25(32)19-8-13-27-14-9-19/h1-7,11-12,16-17,19,24,27H,8-10,13-15H2,(H,29,32)/t24-/m1/s1. The van der Waals surface area contributed by atoms with Crippen molar-refractivity contribution in [1.82, 2.24) is 20.2 Å². The number of nitrogens with zero attached hydrogens (tertiary/aromatic N) is 2. The van der Waals surface area contributed by atoms with Crippen molar-refractivity contribution >= 4 is 17.5 Å². The van der Waals surface area contributed by atoms with Crippen LogP contribution in [-0.2, 0) is 11.2 Å². The van der Waals surface area contributed by atoms with Crippen LogP contribution in [0.15, 0.2) is 71.8 Å². The minimum atomic E-state index is -0.218. The molecule has 0 spiro atoms. The van der Waals surface area contributed by atoms with Crippen LogP contribution < -0.4 is 16.1 Å². The number of rotatable bonds is 7. The number of piperidine rings is 1. The first-order valence-corrected chi connectivity index (χ1v) is 11.4. The van der Waals surface area contributed by atoms with Crippen molar-refractivity contribution in [3.63, 3.8) is 0 Å². The lowest BCUT2D eigenvalue weighted by atomic mass is 9.97. The number of benzene rings is 1. The molecule has 3 heterocycles. The first-order chi connectivity index (χ1) is 15.6. The molecule has 2 aromatic heterocycles.